The van der Waals surface area contributed by atoms with E-state index in [0.29, 0.717) is 19.6 Å². The minimum atomic E-state index is -3.80. The number of hydrogen-bond acceptors (Lipinski definition) is 15. The molecule has 0 aromatic heterocycles. The monoisotopic (exact) mass is 790 g/mol. The lowest BCUT2D eigenvalue weighted by molar-refractivity contribution is -0.343. The Kier molecular flexibility index (Phi) is 43.3. The smallest absolute Gasteiger partial charge is 0.463 e. The average molecular weight is 791 g/mol. The van der Waals surface area contributed by atoms with Gasteiger partial charge in [-0.2, -0.15) is 0 Å². The summed E-state index contributed by atoms with van der Waals surface area (Å²) >= 11 is 0. The number of ether oxygens (including phenoxy) is 2. The highest BCUT2D eigenvalue weighted by Gasteiger charge is 2.24. The Labute approximate surface area is 320 Å². The summed E-state index contributed by atoms with van der Waals surface area (Å²) in [6.07, 6.45) is 24.2. The van der Waals surface area contributed by atoms with Crippen molar-refractivity contribution in [1.29, 1.82) is 0 Å². The molecule has 0 N–H and O–H groups in total. The van der Waals surface area contributed by atoms with Crippen molar-refractivity contribution >= 4 is 13.8 Å². The van der Waals surface area contributed by atoms with E-state index in [0.717, 1.165) is 32.3 Å². The lowest BCUT2D eigenvalue weighted by Crippen LogP contribution is -2.13. The molecule has 15 nitrogen and oxygen atoms in total. The Morgan fingerprint density at radius 2 is 0.736 bits per heavy atom. The van der Waals surface area contributed by atoms with Crippen molar-refractivity contribution in [2.24, 2.45) is 0 Å². The van der Waals surface area contributed by atoms with Crippen LogP contribution in [0, 0.1) is 0 Å². The molecule has 53 heavy (non-hydrogen) atoms. The van der Waals surface area contributed by atoms with Gasteiger partial charge < -0.3 is 9.47 Å². The number of phosphoric ester groups is 1. The molecule has 318 valence electrons. The molecule has 0 spiro atoms. The summed E-state index contributed by atoms with van der Waals surface area (Å²) in [6, 6.07) is 0. The molecular formula is C37H75O15P. The fourth-order valence-electron chi connectivity index (χ4n) is 4.84. The highest BCUT2D eigenvalue weighted by Crippen LogP contribution is 2.48. The second-order valence-corrected chi connectivity index (χ2v) is 14.2. The van der Waals surface area contributed by atoms with Crippen LogP contribution in [0.4, 0.5) is 0 Å². The molecule has 0 aliphatic carbocycles. The van der Waals surface area contributed by atoms with E-state index in [-0.39, 0.29) is 72.0 Å². The van der Waals surface area contributed by atoms with E-state index in [1.165, 1.54) is 103 Å². The Bertz CT molecular complexity index is 781. The van der Waals surface area contributed by atoms with Gasteiger partial charge in [-0.05, 0) is 12.8 Å². The molecule has 0 aromatic rings. The summed E-state index contributed by atoms with van der Waals surface area (Å²) < 4.78 is 38.3. The largest absolute Gasteiger partial charge is 0.474 e. The molecule has 0 heterocycles. The molecule has 0 aliphatic rings. The number of hydrogen-bond donors (Lipinski definition) is 0. The summed E-state index contributed by atoms with van der Waals surface area (Å²) in [5.41, 5.74) is 0. The lowest BCUT2D eigenvalue weighted by Gasteiger charge is -2.15. The fraction of sp³-hybridized carbons (Fsp3) is 0.973. The van der Waals surface area contributed by atoms with Gasteiger partial charge in [0.05, 0.1) is 19.8 Å². The summed E-state index contributed by atoms with van der Waals surface area (Å²) in [6.45, 7) is 6.39. The predicted molar refractivity (Wildman–Crippen MR) is 200 cm³/mol. The van der Waals surface area contributed by atoms with Gasteiger partial charge in [0.1, 0.15) is 59.5 Å². The van der Waals surface area contributed by atoms with Gasteiger partial charge in [-0.15, -0.1) is 0 Å². The van der Waals surface area contributed by atoms with Gasteiger partial charge in [-0.3, -0.25) is 18.4 Å². The van der Waals surface area contributed by atoms with E-state index < -0.39 is 7.82 Å². The molecule has 0 rings (SSSR count). The topological polar surface area (TPSA) is 154 Å². The molecule has 0 aliphatic heterocycles. The molecule has 0 bridgehead atoms. The third-order valence-corrected chi connectivity index (χ3v) is 9.20. The van der Waals surface area contributed by atoms with Gasteiger partial charge in [0.15, 0.2) is 0 Å². The first-order chi connectivity index (χ1) is 26.1. The first-order valence-corrected chi connectivity index (χ1v) is 21.7. The molecule has 0 saturated carbocycles. The Balaban J connectivity index is 3.40. The molecule has 0 amide bonds. The quantitative estimate of drug-likeness (QED) is 0.0189. The highest BCUT2D eigenvalue weighted by molar-refractivity contribution is 7.48. The molecular weight excluding hydrogens is 715 g/mol. The van der Waals surface area contributed by atoms with E-state index in [1.807, 2.05) is 0 Å². The normalized spacial score (nSPS) is 12.7. The van der Waals surface area contributed by atoms with Gasteiger partial charge in [-0.1, -0.05) is 123 Å². The van der Waals surface area contributed by atoms with Crippen molar-refractivity contribution in [3.8, 4) is 0 Å². The van der Waals surface area contributed by atoms with Gasteiger partial charge in [-0.25, -0.2) is 43.7 Å². The molecule has 0 radical (unpaired) electrons. The minimum absolute atomic E-state index is 0.0200. The number of phosphoric acid groups is 1. The molecule has 1 unspecified atom stereocenters. The maximum absolute atomic E-state index is 12.4. The first kappa shape index (κ1) is 52.2. The minimum Gasteiger partial charge on any atom is -0.463 e. The van der Waals surface area contributed by atoms with Crippen molar-refractivity contribution in [3.63, 3.8) is 0 Å². The van der Waals surface area contributed by atoms with Gasteiger partial charge in [0.2, 0.25) is 0 Å². The fourth-order valence-corrected chi connectivity index (χ4v) is 5.73. The van der Waals surface area contributed by atoms with E-state index >= 15 is 0 Å². The molecule has 0 saturated heterocycles. The van der Waals surface area contributed by atoms with Crippen LogP contribution in [0.5, 0.6) is 0 Å². The zero-order valence-electron chi connectivity index (χ0n) is 33.4. The van der Waals surface area contributed by atoms with Crippen LogP contribution >= 0.6 is 7.82 Å². The van der Waals surface area contributed by atoms with Gasteiger partial charge in [0.25, 0.3) is 0 Å². The van der Waals surface area contributed by atoms with E-state index in [1.54, 1.807) is 0 Å². The number of carbonyl (C=O) groups excluding carboxylic acids is 1. The van der Waals surface area contributed by atoms with Crippen molar-refractivity contribution in [2.75, 3.05) is 93.0 Å². The van der Waals surface area contributed by atoms with Crippen LogP contribution in [0.25, 0.3) is 0 Å². The molecule has 1 atom stereocenters. The van der Waals surface area contributed by atoms with Crippen molar-refractivity contribution in [1.82, 2.24) is 0 Å². The number of unbranched alkanes of at least 4 members (excludes halogenated alkanes) is 17. The lowest BCUT2D eigenvalue weighted by atomic mass is 10.1. The first-order valence-electron chi connectivity index (χ1n) is 20.2. The highest BCUT2D eigenvalue weighted by atomic mass is 31.2. The van der Waals surface area contributed by atoms with E-state index in [9.17, 15) is 9.36 Å². The second kappa shape index (κ2) is 43.9. The van der Waals surface area contributed by atoms with Crippen LogP contribution in [0.1, 0.15) is 142 Å². The zero-order valence-corrected chi connectivity index (χ0v) is 34.3. The molecule has 16 heteroatoms. The Hall–Kier alpha value is -0.780. The summed E-state index contributed by atoms with van der Waals surface area (Å²) in [5.74, 6) is -0.226. The Morgan fingerprint density at radius 3 is 1.15 bits per heavy atom. The summed E-state index contributed by atoms with van der Waals surface area (Å²) in [5, 5.41) is 0. The van der Waals surface area contributed by atoms with Crippen LogP contribution in [0.2, 0.25) is 0 Å². The van der Waals surface area contributed by atoms with Crippen LogP contribution in [-0.2, 0) is 71.5 Å². The standard InChI is InChI=1S/C37H75O15P/c1-4-6-8-10-12-14-16-18-20-22-24-41-25-27-43-45-29-31-47-49-33-35-51-53(39,40-3)52-36-34-50-48-32-30-46-44-28-26-42-37(38)23-21-19-17-15-13-11-9-7-5-2/h4-36H2,1-3H3. The summed E-state index contributed by atoms with van der Waals surface area (Å²) in [7, 11) is -2.60. The van der Waals surface area contributed by atoms with Gasteiger partial charge >= 0.3 is 13.8 Å². The predicted octanol–water partition coefficient (Wildman–Crippen LogP) is 8.97. The molecule has 0 aromatic carbocycles. The number of carbonyl (C=O) groups is 1. The van der Waals surface area contributed by atoms with Gasteiger partial charge in [0, 0.05) is 20.1 Å². The Morgan fingerprint density at radius 1 is 0.396 bits per heavy atom. The van der Waals surface area contributed by atoms with Crippen molar-refractivity contribution in [2.45, 2.75) is 142 Å². The van der Waals surface area contributed by atoms with Crippen molar-refractivity contribution < 1.29 is 71.5 Å². The number of rotatable bonds is 46. The summed E-state index contributed by atoms with van der Waals surface area (Å²) in [4.78, 5) is 51.5. The third kappa shape index (κ3) is 42.2. The average Bonchev–Trinajstić information content (AvgIpc) is 3.16. The van der Waals surface area contributed by atoms with Crippen LogP contribution < -0.4 is 0 Å². The SMILES string of the molecule is CCCCCCCCCCCCOCCOOCCOOCCOP(=O)(OC)OCCOOCCOOCCOC(=O)CCCCCCCCCCC. The number of esters is 1. The maximum atomic E-state index is 12.4. The van der Waals surface area contributed by atoms with Crippen molar-refractivity contribution in [3.05, 3.63) is 0 Å². The van der Waals surface area contributed by atoms with Crippen LogP contribution in [0.15, 0.2) is 0 Å². The third-order valence-electron chi connectivity index (χ3n) is 7.76. The zero-order chi connectivity index (χ0) is 38.6. The maximum Gasteiger partial charge on any atom is 0.474 e. The second-order valence-electron chi connectivity index (χ2n) is 12.5. The van der Waals surface area contributed by atoms with Crippen LogP contribution in [-0.4, -0.2) is 99.0 Å². The van der Waals surface area contributed by atoms with E-state index in [2.05, 4.69) is 13.8 Å². The molecule has 0 fully saturated rings. The van der Waals surface area contributed by atoms with E-state index in [4.69, 9.17) is 62.1 Å². The van der Waals surface area contributed by atoms with Crippen LogP contribution in [0.3, 0.4) is 0 Å².